The Kier molecular flexibility index (Phi) is 1.31. The molecule has 0 aliphatic carbocycles. The van der Waals surface area contributed by atoms with Crippen molar-refractivity contribution in [1.82, 2.24) is 4.31 Å². The van der Waals surface area contributed by atoms with Gasteiger partial charge in [0.15, 0.2) is 5.78 Å². The maximum atomic E-state index is 11.0. The van der Waals surface area contributed by atoms with E-state index in [-0.39, 0.29) is 5.78 Å². The van der Waals surface area contributed by atoms with Crippen molar-refractivity contribution in [3.05, 3.63) is 23.9 Å². The van der Waals surface area contributed by atoms with Gasteiger partial charge in [0.1, 0.15) is 0 Å². The van der Waals surface area contributed by atoms with Gasteiger partial charge in [-0.1, -0.05) is 12.2 Å². The van der Waals surface area contributed by atoms with Gasteiger partial charge >= 0.3 is 0 Å². The Morgan fingerprint density at radius 2 is 2.50 bits per heavy atom. The molecule has 0 aromatic rings. The number of nitrogens with zero attached hydrogens (tertiary/aromatic N) is 1. The summed E-state index contributed by atoms with van der Waals surface area (Å²) in [7, 11) is 0. The third-order valence-electron chi connectivity index (χ3n) is 1.57. The molecule has 0 spiro atoms. The standard InChI is InChI=1S/C7H7NOS/c9-7-5-10-8-4-2-1-3-6(7)8/h1-3H,4-5H2. The number of allylic oxidation sites excluding steroid dienone is 3. The summed E-state index contributed by atoms with van der Waals surface area (Å²) >= 11 is 1.60. The SMILES string of the molecule is O=C1CSN2CC=CC=C12. The molecule has 3 heteroatoms. The zero-order valence-electron chi connectivity index (χ0n) is 5.41. The first-order valence-electron chi connectivity index (χ1n) is 3.18. The topological polar surface area (TPSA) is 20.3 Å². The lowest BCUT2D eigenvalue weighted by Crippen LogP contribution is -2.15. The summed E-state index contributed by atoms with van der Waals surface area (Å²) in [4.78, 5) is 11.0. The van der Waals surface area contributed by atoms with Crippen molar-refractivity contribution in [2.24, 2.45) is 0 Å². The normalized spacial score (nSPS) is 23.0. The molecular weight excluding hydrogens is 146 g/mol. The lowest BCUT2D eigenvalue weighted by Gasteiger charge is -2.16. The highest BCUT2D eigenvalue weighted by atomic mass is 32.2. The Morgan fingerprint density at radius 3 is 3.30 bits per heavy atom. The van der Waals surface area contributed by atoms with Gasteiger partial charge in [-0.2, -0.15) is 0 Å². The predicted molar refractivity (Wildman–Crippen MR) is 41.4 cm³/mol. The van der Waals surface area contributed by atoms with Crippen LogP contribution >= 0.6 is 11.9 Å². The molecule has 0 amide bonds. The molecule has 0 radical (unpaired) electrons. The zero-order chi connectivity index (χ0) is 6.97. The van der Waals surface area contributed by atoms with E-state index in [0.29, 0.717) is 5.75 Å². The molecule has 0 aromatic carbocycles. The maximum Gasteiger partial charge on any atom is 0.191 e. The van der Waals surface area contributed by atoms with Crippen LogP contribution in [0.25, 0.3) is 0 Å². The maximum absolute atomic E-state index is 11.0. The summed E-state index contributed by atoms with van der Waals surface area (Å²) in [6, 6.07) is 0. The van der Waals surface area contributed by atoms with Crippen molar-refractivity contribution in [3.63, 3.8) is 0 Å². The van der Waals surface area contributed by atoms with Crippen LogP contribution in [0.4, 0.5) is 0 Å². The van der Waals surface area contributed by atoms with E-state index in [4.69, 9.17) is 0 Å². The highest BCUT2D eigenvalue weighted by Crippen LogP contribution is 2.28. The van der Waals surface area contributed by atoms with E-state index >= 15 is 0 Å². The first-order chi connectivity index (χ1) is 4.88. The molecule has 2 nitrogen and oxygen atoms in total. The van der Waals surface area contributed by atoms with Crippen molar-refractivity contribution in [1.29, 1.82) is 0 Å². The minimum Gasteiger partial charge on any atom is -0.309 e. The number of ketones is 1. The molecule has 52 valence electrons. The van der Waals surface area contributed by atoms with Crippen LogP contribution in [-0.2, 0) is 4.79 Å². The fourth-order valence-corrected chi connectivity index (χ4v) is 1.98. The fraction of sp³-hybridized carbons (Fsp3) is 0.286. The van der Waals surface area contributed by atoms with Gasteiger partial charge < -0.3 is 4.31 Å². The van der Waals surface area contributed by atoms with Gasteiger partial charge in [-0.3, -0.25) is 4.79 Å². The Labute approximate surface area is 63.7 Å². The lowest BCUT2D eigenvalue weighted by molar-refractivity contribution is -0.113. The third kappa shape index (κ3) is 0.778. The number of fused-ring (bicyclic) bond motifs is 1. The molecule has 0 bridgehead atoms. The largest absolute Gasteiger partial charge is 0.309 e. The quantitative estimate of drug-likeness (QED) is 0.484. The molecule has 2 aliphatic rings. The number of Topliss-reactive ketones (excluding diaryl/α,β-unsaturated/α-hetero) is 1. The van der Waals surface area contributed by atoms with Gasteiger partial charge in [0.05, 0.1) is 11.4 Å². The summed E-state index contributed by atoms with van der Waals surface area (Å²) in [6.07, 6.45) is 5.87. The van der Waals surface area contributed by atoms with Crippen LogP contribution in [0.15, 0.2) is 23.9 Å². The second-order valence-corrected chi connectivity index (χ2v) is 3.23. The van der Waals surface area contributed by atoms with Crippen molar-refractivity contribution < 1.29 is 4.79 Å². The summed E-state index contributed by atoms with van der Waals surface area (Å²) in [5.74, 6) is 0.877. The molecule has 0 aromatic heterocycles. The molecule has 10 heavy (non-hydrogen) atoms. The first kappa shape index (κ1) is 6.04. The van der Waals surface area contributed by atoms with Gasteiger partial charge in [-0.05, 0) is 18.0 Å². The number of carbonyl (C=O) groups is 1. The summed E-state index contributed by atoms with van der Waals surface area (Å²) in [5.41, 5.74) is 0.868. The molecule has 2 aliphatic heterocycles. The van der Waals surface area contributed by atoms with Gasteiger partial charge in [0.25, 0.3) is 0 Å². The van der Waals surface area contributed by atoms with E-state index < -0.39 is 0 Å². The van der Waals surface area contributed by atoms with Crippen LogP contribution in [0.3, 0.4) is 0 Å². The van der Waals surface area contributed by atoms with E-state index in [2.05, 4.69) is 6.08 Å². The second kappa shape index (κ2) is 2.16. The summed E-state index contributed by atoms with van der Waals surface area (Å²) < 4.78 is 2.03. The molecular formula is C7H7NOS. The van der Waals surface area contributed by atoms with Crippen LogP contribution in [0.1, 0.15) is 0 Å². The van der Waals surface area contributed by atoms with Crippen LogP contribution in [0.2, 0.25) is 0 Å². The monoisotopic (exact) mass is 153 g/mol. The van der Waals surface area contributed by atoms with Crippen molar-refractivity contribution in [2.45, 2.75) is 0 Å². The summed E-state index contributed by atoms with van der Waals surface area (Å²) in [5, 5.41) is 0. The molecule has 0 atom stereocenters. The minimum atomic E-state index is 0.259. The van der Waals surface area contributed by atoms with Gasteiger partial charge in [0.2, 0.25) is 0 Å². The van der Waals surface area contributed by atoms with E-state index in [9.17, 15) is 4.79 Å². The number of rotatable bonds is 0. The van der Waals surface area contributed by atoms with Gasteiger partial charge in [0, 0.05) is 6.54 Å². The van der Waals surface area contributed by atoms with Crippen LogP contribution < -0.4 is 0 Å². The molecule has 1 fully saturated rings. The fourth-order valence-electron chi connectivity index (χ4n) is 1.06. The molecule has 2 heterocycles. The molecule has 0 N–H and O–H groups in total. The highest BCUT2D eigenvalue weighted by Gasteiger charge is 2.25. The second-order valence-electron chi connectivity index (χ2n) is 2.24. The Morgan fingerprint density at radius 1 is 1.60 bits per heavy atom. The molecule has 0 saturated carbocycles. The van der Waals surface area contributed by atoms with Crippen LogP contribution in [-0.4, -0.2) is 22.4 Å². The average molecular weight is 153 g/mol. The Bertz CT molecular complexity index is 232. The first-order valence-corrected chi connectivity index (χ1v) is 4.12. The summed E-state index contributed by atoms with van der Waals surface area (Å²) in [6.45, 7) is 0.877. The molecule has 0 unspecified atom stereocenters. The third-order valence-corrected chi connectivity index (χ3v) is 2.62. The molecule has 1 saturated heterocycles. The van der Waals surface area contributed by atoms with E-state index in [1.807, 2.05) is 16.5 Å². The smallest absolute Gasteiger partial charge is 0.191 e. The van der Waals surface area contributed by atoms with E-state index in [1.165, 1.54) is 0 Å². The lowest BCUT2D eigenvalue weighted by atomic mass is 10.2. The minimum absolute atomic E-state index is 0.259. The average Bonchev–Trinajstić information content (AvgIpc) is 2.34. The van der Waals surface area contributed by atoms with E-state index in [1.54, 1.807) is 11.9 Å². The predicted octanol–water partition coefficient (Wildman–Crippen LogP) is 0.973. The van der Waals surface area contributed by atoms with Crippen LogP contribution in [0, 0.1) is 0 Å². The van der Waals surface area contributed by atoms with Crippen molar-refractivity contribution in [2.75, 3.05) is 12.3 Å². The van der Waals surface area contributed by atoms with Gasteiger partial charge in [-0.25, -0.2) is 0 Å². The Balaban J connectivity index is 2.33. The van der Waals surface area contributed by atoms with Crippen molar-refractivity contribution >= 4 is 17.7 Å². The molecule has 2 rings (SSSR count). The number of hydrogen-bond donors (Lipinski definition) is 0. The van der Waals surface area contributed by atoms with Crippen LogP contribution in [0.5, 0.6) is 0 Å². The highest BCUT2D eigenvalue weighted by molar-refractivity contribution is 7.98. The van der Waals surface area contributed by atoms with E-state index in [0.717, 1.165) is 12.2 Å². The number of hydrogen-bond acceptors (Lipinski definition) is 3. The van der Waals surface area contributed by atoms with Gasteiger partial charge in [-0.15, -0.1) is 0 Å². The number of carbonyl (C=O) groups excluding carboxylic acids is 1. The van der Waals surface area contributed by atoms with Crippen molar-refractivity contribution in [3.8, 4) is 0 Å². The Hall–Kier alpha value is -0.700. The zero-order valence-corrected chi connectivity index (χ0v) is 6.23.